The third-order valence-corrected chi connectivity index (χ3v) is 5.15. The summed E-state index contributed by atoms with van der Waals surface area (Å²) in [5, 5.41) is 16.9. The van der Waals surface area contributed by atoms with Crippen molar-refractivity contribution in [2.45, 2.75) is 13.0 Å². The molecule has 2 aliphatic rings. The van der Waals surface area contributed by atoms with Crippen molar-refractivity contribution < 1.29 is 24.2 Å². The molecule has 130 valence electrons. The number of nitrogens with zero attached hydrogens (tertiary/aromatic N) is 1. The van der Waals surface area contributed by atoms with Gasteiger partial charge in [0.05, 0.1) is 5.56 Å². The molecule has 7 nitrogen and oxygen atoms in total. The minimum absolute atomic E-state index is 0.0265. The van der Waals surface area contributed by atoms with E-state index in [1.165, 1.54) is 11.3 Å². The standard InChI is InChI=1S/C17H16N2O5S/c1-19-4-2-10-11(6-18-16(21)9-3-5-25-7-9)14-15(24-8-23-14)13(20)12(10)17(19)22/h3,5,7,20H,2,4,6,8H2,1H3,(H,18,21). The van der Waals surface area contributed by atoms with Crippen molar-refractivity contribution in [3.05, 3.63) is 39.1 Å². The molecule has 2 N–H and O–H groups in total. The summed E-state index contributed by atoms with van der Waals surface area (Å²) >= 11 is 1.45. The Labute approximate surface area is 147 Å². The topological polar surface area (TPSA) is 88.1 Å². The summed E-state index contributed by atoms with van der Waals surface area (Å²) < 4.78 is 10.8. The summed E-state index contributed by atoms with van der Waals surface area (Å²) in [6, 6.07) is 1.74. The second-order valence-electron chi connectivity index (χ2n) is 5.92. The van der Waals surface area contributed by atoms with Gasteiger partial charge in [-0.3, -0.25) is 9.59 Å². The molecule has 0 fully saturated rings. The average Bonchev–Trinajstić information content (AvgIpc) is 3.28. The predicted molar refractivity (Wildman–Crippen MR) is 90.4 cm³/mol. The van der Waals surface area contributed by atoms with Crippen LogP contribution in [0.3, 0.4) is 0 Å². The van der Waals surface area contributed by atoms with Crippen molar-refractivity contribution in [2.24, 2.45) is 0 Å². The first kappa shape index (κ1) is 15.8. The van der Waals surface area contributed by atoms with E-state index in [-0.39, 0.29) is 42.2 Å². The first-order valence-electron chi connectivity index (χ1n) is 7.80. The number of rotatable bonds is 3. The van der Waals surface area contributed by atoms with Gasteiger partial charge in [-0.05, 0) is 23.4 Å². The third-order valence-electron chi connectivity index (χ3n) is 4.47. The molecule has 1 aromatic carbocycles. The summed E-state index contributed by atoms with van der Waals surface area (Å²) in [5.41, 5.74) is 2.21. The lowest BCUT2D eigenvalue weighted by atomic mass is 9.91. The van der Waals surface area contributed by atoms with E-state index in [1.54, 1.807) is 23.4 Å². The lowest BCUT2D eigenvalue weighted by Crippen LogP contribution is -2.35. The van der Waals surface area contributed by atoms with E-state index < -0.39 is 0 Å². The fourth-order valence-corrected chi connectivity index (χ4v) is 3.79. The average molecular weight is 360 g/mol. The van der Waals surface area contributed by atoms with E-state index in [0.29, 0.717) is 35.4 Å². The number of carbonyl (C=O) groups is 2. The number of thiophene rings is 1. The fourth-order valence-electron chi connectivity index (χ4n) is 3.15. The van der Waals surface area contributed by atoms with Crippen LogP contribution in [0, 0.1) is 0 Å². The molecule has 8 heteroatoms. The van der Waals surface area contributed by atoms with E-state index >= 15 is 0 Å². The highest BCUT2D eigenvalue weighted by Crippen LogP contribution is 2.48. The fraction of sp³-hybridized carbons (Fsp3) is 0.294. The van der Waals surface area contributed by atoms with E-state index in [4.69, 9.17) is 9.47 Å². The number of amides is 2. The van der Waals surface area contributed by atoms with Crippen LogP contribution in [0.4, 0.5) is 0 Å². The zero-order chi connectivity index (χ0) is 17.6. The van der Waals surface area contributed by atoms with Crippen molar-refractivity contribution in [1.29, 1.82) is 0 Å². The number of aromatic hydroxyl groups is 1. The van der Waals surface area contributed by atoms with E-state index in [9.17, 15) is 14.7 Å². The Kier molecular flexibility index (Phi) is 3.76. The van der Waals surface area contributed by atoms with Gasteiger partial charge in [0.2, 0.25) is 12.5 Å². The Bertz CT molecular complexity index is 863. The maximum atomic E-state index is 12.5. The smallest absolute Gasteiger partial charge is 0.257 e. The van der Waals surface area contributed by atoms with Crippen LogP contribution in [0.15, 0.2) is 16.8 Å². The Morgan fingerprint density at radius 1 is 1.40 bits per heavy atom. The van der Waals surface area contributed by atoms with Gasteiger partial charge in [0, 0.05) is 36.6 Å². The van der Waals surface area contributed by atoms with Crippen LogP contribution in [-0.2, 0) is 13.0 Å². The van der Waals surface area contributed by atoms with Crippen LogP contribution >= 0.6 is 11.3 Å². The molecule has 2 aromatic rings. The first-order chi connectivity index (χ1) is 12.1. The van der Waals surface area contributed by atoms with Crippen LogP contribution in [0.1, 0.15) is 31.8 Å². The van der Waals surface area contributed by atoms with Crippen LogP contribution in [0.5, 0.6) is 17.2 Å². The molecule has 0 aliphatic carbocycles. The molecule has 0 radical (unpaired) electrons. The molecule has 2 aliphatic heterocycles. The van der Waals surface area contributed by atoms with Crippen LogP contribution in [0.2, 0.25) is 0 Å². The minimum Gasteiger partial charge on any atom is -0.504 e. The number of hydrogen-bond acceptors (Lipinski definition) is 6. The molecule has 0 unspecified atom stereocenters. The maximum Gasteiger partial charge on any atom is 0.257 e. The molecule has 3 heterocycles. The second-order valence-corrected chi connectivity index (χ2v) is 6.70. The molecule has 2 amide bonds. The summed E-state index contributed by atoms with van der Waals surface area (Å²) in [7, 11) is 1.69. The summed E-state index contributed by atoms with van der Waals surface area (Å²) in [6.07, 6.45) is 0.575. The lowest BCUT2D eigenvalue weighted by molar-refractivity contribution is 0.0776. The number of benzene rings is 1. The summed E-state index contributed by atoms with van der Waals surface area (Å²) in [4.78, 5) is 26.3. The summed E-state index contributed by atoms with van der Waals surface area (Å²) in [5.74, 6) is -0.0779. The minimum atomic E-state index is -0.262. The van der Waals surface area contributed by atoms with Crippen molar-refractivity contribution >= 4 is 23.2 Å². The molecule has 0 saturated heterocycles. The zero-order valence-corrected chi connectivity index (χ0v) is 14.3. The second kappa shape index (κ2) is 5.96. The van der Waals surface area contributed by atoms with Crippen LogP contribution in [0.25, 0.3) is 0 Å². The molecule has 0 saturated carbocycles. The molecular formula is C17H16N2O5S. The highest BCUT2D eigenvalue weighted by molar-refractivity contribution is 7.08. The van der Waals surface area contributed by atoms with Crippen molar-refractivity contribution in [3.8, 4) is 17.2 Å². The third kappa shape index (κ3) is 2.49. The molecular weight excluding hydrogens is 344 g/mol. The Morgan fingerprint density at radius 2 is 2.20 bits per heavy atom. The van der Waals surface area contributed by atoms with Gasteiger partial charge in [0.15, 0.2) is 11.5 Å². The van der Waals surface area contributed by atoms with E-state index in [1.807, 2.05) is 5.38 Å². The van der Waals surface area contributed by atoms with Gasteiger partial charge in [-0.15, -0.1) is 0 Å². The van der Waals surface area contributed by atoms with Gasteiger partial charge in [0.25, 0.3) is 11.8 Å². The van der Waals surface area contributed by atoms with Gasteiger partial charge in [-0.25, -0.2) is 0 Å². The van der Waals surface area contributed by atoms with E-state index in [2.05, 4.69) is 5.32 Å². The van der Waals surface area contributed by atoms with E-state index in [0.717, 1.165) is 0 Å². The number of fused-ring (bicyclic) bond motifs is 2. The Hall–Kier alpha value is -2.74. The SMILES string of the molecule is CN1CCc2c(CNC(=O)c3ccsc3)c3c(c(O)c2C1=O)OCO3. The molecule has 0 atom stereocenters. The highest BCUT2D eigenvalue weighted by Gasteiger charge is 2.35. The number of hydrogen-bond donors (Lipinski definition) is 2. The quantitative estimate of drug-likeness (QED) is 0.871. The molecule has 25 heavy (non-hydrogen) atoms. The number of likely N-dealkylation sites (N-methyl/N-ethyl adjacent to an activating group) is 1. The number of ether oxygens (including phenoxy) is 2. The van der Waals surface area contributed by atoms with Crippen molar-refractivity contribution in [3.63, 3.8) is 0 Å². The predicted octanol–water partition coefficient (Wildman–Crippen LogP) is 1.74. The Balaban J connectivity index is 1.73. The Morgan fingerprint density at radius 3 is 2.96 bits per heavy atom. The number of nitrogens with one attached hydrogen (secondary N) is 1. The largest absolute Gasteiger partial charge is 0.504 e. The van der Waals surface area contributed by atoms with Crippen LogP contribution in [-0.4, -0.2) is 42.2 Å². The van der Waals surface area contributed by atoms with Gasteiger partial charge in [0.1, 0.15) is 0 Å². The monoisotopic (exact) mass is 360 g/mol. The number of phenols is 1. The first-order valence-corrected chi connectivity index (χ1v) is 8.74. The molecule has 0 bridgehead atoms. The highest BCUT2D eigenvalue weighted by atomic mass is 32.1. The lowest BCUT2D eigenvalue weighted by Gasteiger charge is -2.28. The molecule has 4 rings (SSSR count). The van der Waals surface area contributed by atoms with Crippen molar-refractivity contribution in [2.75, 3.05) is 20.4 Å². The van der Waals surface area contributed by atoms with Crippen LogP contribution < -0.4 is 14.8 Å². The number of phenolic OH excluding ortho intramolecular Hbond substituents is 1. The normalized spacial score (nSPS) is 15.2. The maximum absolute atomic E-state index is 12.5. The number of carbonyl (C=O) groups excluding carboxylic acids is 2. The van der Waals surface area contributed by atoms with Gasteiger partial charge in [-0.2, -0.15) is 11.3 Å². The van der Waals surface area contributed by atoms with Gasteiger partial charge >= 0.3 is 0 Å². The van der Waals surface area contributed by atoms with Gasteiger partial charge < -0.3 is 24.8 Å². The van der Waals surface area contributed by atoms with Gasteiger partial charge in [-0.1, -0.05) is 0 Å². The zero-order valence-electron chi connectivity index (χ0n) is 13.5. The molecule has 0 spiro atoms. The summed E-state index contributed by atoms with van der Waals surface area (Å²) in [6.45, 7) is 0.706. The molecule has 1 aromatic heterocycles. The van der Waals surface area contributed by atoms with Crippen molar-refractivity contribution in [1.82, 2.24) is 10.2 Å².